The number of ether oxygens (including phenoxy) is 3. The summed E-state index contributed by atoms with van der Waals surface area (Å²) in [4.78, 5) is 36.0. The van der Waals surface area contributed by atoms with Gasteiger partial charge in [-0.25, -0.2) is 0 Å². The number of esters is 2. The van der Waals surface area contributed by atoms with Gasteiger partial charge in [0.05, 0.1) is 6.61 Å². The maximum Gasteiger partial charge on any atom is 0.317 e. The number of carbonyl (C=O) groups excluding carboxylic acids is 3. The summed E-state index contributed by atoms with van der Waals surface area (Å²) >= 11 is 0. The topological polar surface area (TPSA) is 78.9 Å². The quantitative estimate of drug-likeness (QED) is 0.424. The highest BCUT2D eigenvalue weighted by Gasteiger charge is 2.31. The van der Waals surface area contributed by atoms with Gasteiger partial charge in [-0.1, -0.05) is 0 Å². The second-order valence-corrected chi connectivity index (χ2v) is 7.21. The fraction of sp³-hybridized carbons (Fsp3) is 0.833. The van der Waals surface area contributed by atoms with Gasteiger partial charge in [-0.15, -0.1) is 0 Å². The lowest BCUT2D eigenvalue weighted by atomic mass is 9.97. The van der Waals surface area contributed by atoms with E-state index in [0.717, 1.165) is 12.8 Å². The lowest BCUT2D eigenvalue weighted by molar-refractivity contribution is -0.163. The van der Waals surface area contributed by atoms with Gasteiger partial charge in [0.1, 0.15) is 18.1 Å². The van der Waals surface area contributed by atoms with Crippen molar-refractivity contribution in [2.24, 2.45) is 11.8 Å². The Kier molecular flexibility index (Phi) is 8.39. The van der Waals surface area contributed by atoms with E-state index in [2.05, 4.69) is 0 Å². The van der Waals surface area contributed by atoms with Crippen LogP contribution in [-0.2, 0) is 28.6 Å². The lowest BCUT2D eigenvalue weighted by Crippen LogP contribution is -2.34. The van der Waals surface area contributed by atoms with E-state index >= 15 is 0 Å². The van der Waals surface area contributed by atoms with Crippen molar-refractivity contribution in [2.75, 3.05) is 19.8 Å². The molecule has 0 bridgehead atoms. The first-order valence-electron chi connectivity index (χ1n) is 8.72. The van der Waals surface area contributed by atoms with Crippen LogP contribution >= 0.6 is 0 Å². The van der Waals surface area contributed by atoms with Crippen LogP contribution in [0.3, 0.4) is 0 Å². The largest absolute Gasteiger partial charge is 0.466 e. The van der Waals surface area contributed by atoms with Gasteiger partial charge in [0.2, 0.25) is 0 Å². The Balaban J connectivity index is 2.51. The first kappa shape index (κ1) is 20.6. The van der Waals surface area contributed by atoms with Crippen molar-refractivity contribution in [3.63, 3.8) is 0 Å². The minimum Gasteiger partial charge on any atom is -0.466 e. The molecule has 0 aliphatic heterocycles. The van der Waals surface area contributed by atoms with E-state index in [1.165, 1.54) is 0 Å². The molecule has 1 fully saturated rings. The van der Waals surface area contributed by atoms with E-state index in [1.54, 1.807) is 27.7 Å². The van der Waals surface area contributed by atoms with Crippen molar-refractivity contribution >= 4 is 17.7 Å². The number of hydrogen-bond donors (Lipinski definition) is 0. The van der Waals surface area contributed by atoms with Gasteiger partial charge in [-0.2, -0.15) is 0 Å². The number of ketones is 1. The third-order valence-electron chi connectivity index (χ3n) is 3.55. The summed E-state index contributed by atoms with van der Waals surface area (Å²) in [5, 5.41) is 0. The van der Waals surface area contributed by atoms with Crippen LogP contribution < -0.4 is 0 Å². The Morgan fingerprint density at radius 2 is 1.83 bits per heavy atom. The molecule has 0 aromatic heterocycles. The molecule has 0 spiro atoms. The Bertz CT molecular complexity index is 433. The van der Waals surface area contributed by atoms with Crippen LogP contribution in [0.25, 0.3) is 0 Å². The Hall–Kier alpha value is -1.43. The molecular weight excluding hydrogens is 312 g/mol. The van der Waals surface area contributed by atoms with Gasteiger partial charge in [-0.05, 0) is 59.3 Å². The van der Waals surface area contributed by atoms with E-state index in [4.69, 9.17) is 14.2 Å². The van der Waals surface area contributed by atoms with Gasteiger partial charge in [-0.3, -0.25) is 14.4 Å². The van der Waals surface area contributed by atoms with Gasteiger partial charge >= 0.3 is 11.9 Å². The SMILES string of the molecule is CCOC(=O)CCCC(C(=O)COCC1CC1)C(=O)OC(C)(C)C. The van der Waals surface area contributed by atoms with Crippen molar-refractivity contribution in [3.05, 3.63) is 0 Å². The average molecular weight is 342 g/mol. The monoisotopic (exact) mass is 342 g/mol. The van der Waals surface area contributed by atoms with Crippen LogP contribution in [0.2, 0.25) is 0 Å². The molecule has 1 aliphatic rings. The fourth-order valence-corrected chi connectivity index (χ4v) is 2.18. The predicted octanol–water partition coefficient (Wildman–Crippen LogP) is 2.67. The molecule has 0 aromatic rings. The summed E-state index contributed by atoms with van der Waals surface area (Å²) in [6.07, 6.45) is 3.13. The molecule has 24 heavy (non-hydrogen) atoms. The van der Waals surface area contributed by atoms with Crippen LogP contribution in [0.1, 0.15) is 59.8 Å². The molecule has 1 aliphatic carbocycles. The third kappa shape index (κ3) is 9.01. The van der Waals surface area contributed by atoms with Crippen LogP contribution in [0.5, 0.6) is 0 Å². The van der Waals surface area contributed by atoms with E-state index in [9.17, 15) is 14.4 Å². The summed E-state index contributed by atoms with van der Waals surface area (Å²) in [5.41, 5.74) is -0.661. The van der Waals surface area contributed by atoms with Crippen LogP contribution in [0.15, 0.2) is 0 Å². The number of rotatable bonds is 11. The Morgan fingerprint density at radius 3 is 2.38 bits per heavy atom. The molecule has 0 saturated heterocycles. The van der Waals surface area contributed by atoms with E-state index < -0.39 is 17.5 Å². The second-order valence-electron chi connectivity index (χ2n) is 7.21. The van der Waals surface area contributed by atoms with Crippen LogP contribution in [0.4, 0.5) is 0 Å². The van der Waals surface area contributed by atoms with E-state index in [0.29, 0.717) is 25.6 Å². The molecule has 1 atom stereocenters. The smallest absolute Gasteiger partial charge is 0.317 e. The van der Waals surface area contributed by atoms with Gasteiger partial charge in [0.25, 0.3) is 0 Å². The Labute approximate surface area is 144 Å². The summed E-state index contributed by atoms with van der Waals surface area (Å²) in [6, 6.07) is 0. The molecule has 138 valence electrons. The zero-order valence-corrected chi connectivity index (χ0v) is 15.3. The maximum absolute atomic E-state index is 12.3. The zero-order chi connectivity index (χ0) is 18.2. The van der Waals surface area contributed by atoms with Crippen molar-refractivity contribution in [2.45, 2.75) is 65.4 Å². The first-order chi connectivity index (χ1) is 11.2. The molecule has 0 heterocycles. The minimum atomic E-state index is -0.891. The molecular formula is C18H30O6. The van der Waals surface area contributed by atoms with E-state index in [1.807, 2.05) is 0 Å². The molecule has 6 heteroatoms. The predicted molar refractivity (Wildman–Crippen MR) is 88.4 cm³/mol. The second kappa shape index (κ2) is 9.77. The molecule has 0 N–H and O–H groups in total. The minimum absolute atomic E-state index is 0.0835. The summed E-state index contributed by atoms with van der Waals surface area (Å²) in [7, 11) is 0. The van der Waals surface area contributed by atoms with Crippen molar-refractivity contribution in [1.82, 2.24) is 0 Å². The summed E-state index contributed by atoms with van der Waals surface area (Å²) < 4.78 is 15.6. The molecule has 1 unspecified atom stereocenters. The van der Waals surface area contributed by atoms with Gasteiger partial charge in [0.15, 0.2) is 5.78 Å². The molecule has 0 radical (unpaired) electrons. The fourth-order valence-electron chi connectivity index (χ4n) is 2.18. The van der Waals surface area contributed by atoms with Gasteiger partial charge < -0.3 is 14.2 Å². The molecule has 0 amide bonds. The standard InChI is InChI=1S/C18H30O6/c1-5-23-16(20)8-6-7-14(17(21)24-18(2,3)4)15(19)12-22-11-13-9-10-13/h13-14H,5-12H2,1-4H3. The normalized spacial score (nSPS) is 15.7. The molecule has 0 aromatic carbocycles. The van der Waals surface area contributed by atoms with Crippen molar-refractivity contribution in [3.8, 4) is 0 Å². The van der Waals surface area contributed by atoms with E-state index in [-0.39, 0.29) is 31.2 Å². The van der Waals surface area contributed by atoms with Crippen LogP contribution in [-0.4, -0.2) is 43.1 Å². The highest BCUT2D eigenvalue weighted by molar-refractivity contribution is 5.99. The molecule has 1 rings (SSSR count). The lowest BCUT2D eigenvalue weighted by Gasteiger charge is -2.23. The zero-order valence-electron chi connectivity index (χ0n) is 15.3. The first-order valence-corrected chi connectivity index (χ1v) is 8.72. The third-order valence-corrected chi connectivity index (χ3v) is 3.55. The highest BCUT2D eigenvalue weighted by atomic mass is 16.6. The molecule has 1 saturated carbocycles. The van der Waals surface area contributed by atoms with Crippen LogP contribution in [0, 0.1) is 11.8 Å². The number of Topliss-reactive ketones (excluding diaryl/α,β-unsaturated/α-hetero) is 1. The Morgan fingerprint density at radius 1 is 1.17 bits per heavy atom. The molecule has 6 nitrogen and oxygen atoms in total. The average Bonchev–Trinajstić information content (AvgIpc) is 3.25. The van der Waals surface area contributed by atoms with Gasteiger partial charge in [0, 0.05) is 13.0 Å². The van der Waals surface area contributed by atoms with Crippen molar-refractivity contribution < 1.29 is 28.6 Å². The summed E-state index contributed by atoms with van der Waals surface area (Å²) in [5.74, 6) is -1.49. The number of hydrogen-bond acceptors (Lipinski definition) is 6. The summed E-state index contributed by atoms with van der Waals surface area (Å²) in [6.45, 7) is 7.82. The number of carbonyl (C=O) groups is 3. The van der Waals surface area contributed by atoms with Crippen molar-refractivity contribution in [1.29, 1.82) is 0 Å². The highest BCUT2D eigenvalue weighted by Crippen LogP contribution is 2.28. The maximum atomic E-state index is 12.3.